The molecule has 2 amide bonds. The molecule has 29 heavy (non-hydrogen) atoms. The first-order chi connectivity index (χ1) is 14.2. The van der Waals surface area contributed by atoms with Gasteiger partial charge in [-0.3, -0.25) is 14.5 Å². The molecule has 1 aliphatic heterocycles. The molecule has 1 heterocycles. The Balaban J connectivity index is 1.18. The van der Waals surface area contributed by atoms with Crippen LogP contribution in [0.15, 0.2) is 48.5 Å². The van der Waals surface area contributed by atoms with Crippen LogP contribution in [-0.4, -0.2) is 42.4 Å². The number of fused-ring (bicyclic) bond motifs is 1. The molecule has 1 aliphatic carbocycles. The molecule has 0 aromatic heterocycles. The molecule has 0 saturated carbocycles. The minimum atomic E-state index is 0.00953. The molecule has 0 spiro atoms. The molecule has 0 bridgehead atoms. The summed E-state index contributed by atoms with van der Waals surface area (Å²) in [5, 5.41) is 6.11. The number of para-hydroxylation sites is 1. The van der Waals surface area contributed by atoms with E-state index in [1.54, 1.807) is 0 Å². The number of carbonyl (C=O) groups excluding carboxylic acids is 2. The summed E-state index contributed by atoms with van der Waals surface area (Å²) in [5.74, 6) is 0.110. The van der Waals surface area contributed by atoms with Gasteiger partial charge in [0, 0.05) is 24.8 Å². The van der Waals surface area contributed by atoms with E-state index in [1.807, 2.05) is 30.3 Å². The zero-order chi connectivity index (χ0) is 20.1. The maximum absolute atomic E-state index is 12.5. The molecule has 1 fully saturated rings. The van der Waals surface area contributed by atoms with Gasteiger partial charge in [0.1, 0.15) is 0 Å². The minimum Gasteiger partial charge on any atom is -0.353 e. The van der Waals surface area contributed by atoms with Crippen molar-refractivity contribution in [2.45, 2.75) is 44.6 Å². The van der Waals surface area contributed by atoms with Crippen molar-refractivity contribution >= 4 is 17.5 Å². The normalized spacial score (nSPS) is 17.0. The third-order valence-corrected chi connectivity index (χ3v) is 5.91. The number of nitrogens with one attached hydrogen (secondary N) is 2. The van der Waals surface area contributed by atoms with Crippen LogP contribution in [0.2, 0.25) is 0 Å². The van der Waals surface area contributed by atoms with Gasteiger partial charge in [-0.15, -0.1) is 0 Å². The second-order valence-electron chi connectivity index (χ2n) is 8.17. The summed E-state index contributed by atoms with van der Waals surface area (Å²) in [7, 11) is 0. The predicted octanol–water partition coefficient (Wildman–Crippen LogP) is 2.94. The van der Waals surface area contributed by atoms with Gasteiger partial charge in [-0.25, -0.2) is 0 Å². The average molecular weight is 392 g/mol. The first kappa shape index (κ1) is 19.6. The molecule has 1 saturated heterocycles. The highest BCUT2D eigenvalue weighted by atomic mass is 16.2. The molecule has 4 rings (SSSR count). The molecule has 5 heteroatoms. The van der Waals surface area contributed by atoms with E-state index >= 15 is 0 Å². The van der Waals surface area contributed by atoms with Crippen molar-refractivity contribution in [1.29, 1.82) is 0 Å². The number of hydrogen-bond acceptors (Lipinski definition) is 3. The Kier molecular flexibility index (Phi) is 6.25. The van der Waals surface area contributed by atoms with E-state index in [4.69, 9.17) is 0 Å². The molecule has 0 radical (unpaired) electrons. The molecular formula is C24H29N3O2. The number of aryl methyl sites for hydroxylation is 2. The number of piperidine rings is 1. The number of amides is 2. The molecule has 152 valence electrons. The quantitative estimate of drug-likeness (QED) is 0.796. The fourth-order valence-corrected chi connectivity index (χ4v) is 4.36. The van der Waals surface area contributed by atoms with Crippen molar-refractivity contribution in [1.82, 2.24) is 10.2 Å². The molecule has 5 nitrogen and oxygen atoms in total. The highest BCUT2D eigenvalue weighted by Crippen LogP contribution is 2.23. The van der Waals surface area contributed by atoms with Crippen molar-refractivity contribution in [3.63, 3.8) is 0 Å². The summed E-state index contributed by atoms with van der Waals surface area (Å²) in [5.41, 5.74) is 4.79. The maximum atomic E-state index is 12.5. The summed E-state index contributed by atoms with van der Waals surface area (Å²) in [6.45, 7) is 2.04. The maximum Gasteiger partial charge on any atom is 0.238 e. The van der Waals surface area contributed by atoms with Gasteiger partial charge in [-0.05, 0) is 60.9 Å². The van der Waals surface area contributed by atoms with Crippen molar-refractivity contribution in [2.75, 3.05) is 25.0 Å². The van der Waals surface area contributed by atoms with E-state index in [0.29, 0.717) is 13.0 Å². The van der Waals surface area contributed by atoms with Crippen molar-refractivity contribution < 1.29 is 9.59 Å². The molecule has 2 aromatic rings. The van der Waals surface area contributed by atoms with Gasteiger partial charge in [0.05, 0.1) is 13.0 Å². The summed E-state index contributed by atoms with van der Waals surface area (Å²) >= 11 is 0. The number of benzene rings is 2. The van der Waals surface area contributed by atoms with E-state index in [0.717, 1.165) is 43.6 Å². The second kappa shape index (κ2) is 9.23. The van der Waals surface area contributed by atoms with Gasteiger partial charge >= 0.3 is 0 Å². The standard InChI is InChI=1S/C24H29N3O2/c28-23(16-18-9-10-19-5-4-6-20(19)15-18)25-22-11-13-27(14-12-22)17-24(29)26-21-7-2-1-3-8-21/h1-3,7-10,15,22H,4-6,11-14,16-17H2,(H,25,28)(H,26,29). The van der Waals surface area contributed by atoms with Gasteiger partial charge in [0.25, 0.3) is 0 Å². The number of hydrogen-bond donors (Lipinski definition) is 2. The number of rotatable bonds is 6. The largest absolute Gasteiger partial charge is 0.353 e. The Hall–Kier alpha value is -2.66. The summed E-state index contributed by atoms with van der Waals surface area (Å²) in [4.78, 5) is 26.8. The molecule has 2 aromatic carbocycles. The van der Waals surface area contributed by atoms with Crippen LogP contribution in [0.5, 0.6) is 0 Å². The highest BCUT2D eigenvalue weighted by Gasteiger charge is 2.22. The van der Waals surface area contributed by atoms with E-state index in [1.165, 1.54) is 24.0 Å². The Morgan fingerprint density at radius 2 is 1.69 bits per heavy atom. The molecule has 2 N–H and O–H groups in total. The van der Waals surface area contributed by atoms with Crippen molar-refractivity contribution in [2.24, 2.45) is 0 Å². The fraction of sp³-hybridized carbons (Fsp3) is 0.417. The zero-order valence-corrected chi connectivity index (χ0v) is 16.8. The molecular weight excluding hydrogens is 362 g/mol. The number of anilines is 1. The molecule has 2 aliphatic rings. The van der Waals surface area contributed by atoms with E-state index < -0.39 is 0 Å². The van der Waals surface area contributed by atoms with Crippen LogP contribution in [-0.2, 0) is 28.9 Å². The summed E-state index contributed by atoms with van der Waals surface area (Å²) < 4.78 is 0. The highest BCUT2D eigenvalue weighted by molar-refractivity contribution is 5.92. The van der Waals surface area contributed by atoms with Gasteiger partial charge in [-0.2, -0.15) is 0 Å². The third kappa shape index (κ3) is 5.45. The monoisotopic (exact) mass is 391 g/mol. The first-order valence-corrected chi connectivity index (χ1v) is 10.6. The molecule has 0 unspecified atom stereocenters. The van der Waals surface area contributed by atoms with Gasteiger partial charge in [0.15, 0.2) is 0 Å². The van der Waals surface area contributed by atoms with Crippen LogP contribution in [0.3, 0.4) is 0 Å². The van der Waals surface area contributed by atoms with Crippen LogP contribution >= 0.6 is 0 Å². The van der Waals surface area contributed by atoms with Gasteiger partial charge in [-0.1, -0.05) is 36.4 Å². The van der Waals surface area contributed by atoms with Crippen LogP contribution in [0.4, 0.5) is 5.69 Å². The first-order valence-electron chi connectivity index (χ1n) is 10.6. The second-order valence-corrected chi connectivity index (χ2v) is 8.17. The lowest BCUT2D eigenvalue weighted by Crippen LogP contribution is -2.46. The van der Waals surface area contributed by atoms with Gasteiger partial charge in [0.2, 0.25) is 11.8 Å². The minimum absolute atomic E-state index is 0.00953. The summed E-state index contributed by atoms with van der Waals surface area (Å²) in [6.07, 6.45) is 5.76. The van der Waals surface area contributed by atoms with E-state index in [9.17, 15) is 9.59 Å². The van der Waals surface area contributed by atoms with Crippen LogP contribution < -0.4 is 10.6 Å². The van der Waals surface area contributed by atoms with E-state index in [-0.39, 0.29) is 17.9 Å². The lowest BCUT2D eigenvalue weighted by Gasteiger charge is -2.31. The van der Waals surface area contributed by atoms with Crippen LogP contribution in [0, 0.1) is 0 Å². The topological polar surface area (TPSA) is 61.4 Å². The Morgan fingerprint density at radius 3 is 2.48 bits per heavy atom. The Bertz CT molecular complexity index is 858. The lowest BCUT2D eigenvalue weighted by atomic mass is 10.0. The van der Waals surface area contributed by atoms with Crippen LogP contribution in [0.1, 0.15) is 36.0 Å². The lowest BCUT2D eigenvalue weighted by molar-refractivity contribution is -0.122. The van der Waals surface area contributed by atoms with E-state index in [2.05, 4.69) is 33.7 Å². The van der Waals surface area contributed by atoms with Crippen molar-refractivity contribution in [3.05, 3.63) is 65.2 Å². The average Bonchev–Trinajstić information content (AvgIpc) is 3.18. The predicted molar refractivity (Wildman–Crippen MR) is 115 cm³/mol. The fourth-order valence-electron chi connectivity index (χ4n) is 4.36. The Labute approximate surface area is 172 Å². The third-order valence-electron chi connectivity index (χ3n) is 5.91. The Morgan fingerprint density at radius 1 is 0.931 bits per heavy atom. The number of nitrogens with zero attached hydrogens (tertiary/aromatic N) is 1. The van der Waals surface area contributed by atoms with Crippen molar-refractivity contribution in [3.8, 4) is 0 Å². The number of carbonyl (C=O) groups is 2. The number of likely N-dealkylation sites (tertiary alicyclic amines) is 1. The smallest absolute Gasteiger partial charge is 0.238 e. The SMILES string of the molecule is O=C(CN1CCC(NC(=O)Cc2ccc3c(c2)CCC3)CC1)Nc1ccccc1. The zero-order valence-electron chi connectivity index (χ0n) is 16.8. The summed E-state index contributed by atoms with van der Waals surface area (Å²) in [6, 6.07) is 16.2. The van der Waals surface area contributed by atoms with Gasteiger partial charge < -0.3 is 10.6 Å². The molecule has 0 atom stereocenters. The van der Waals surface area contributed by atoms with Crippen LogP contribution in [0.25, 0.3) is 0 Å².